The maximum atomic E-state index is 9.15. The van der Waals surface area contributed by atoms with E-state index in [1.165, 1.54) is 11.8 Å². The Bertz CT molecular complexity index is 576. The molecule has 2 aromatic rings. The van der Waals surface area contributed by atoms with E-state index >= 15 is 0 Å². The summed E-state index contributed by atoms with van der Waals surface area (Å²) in [6.45, 7) is 2.04. The molecular formula is C15H17N5. The molecule has 0 radical (unpaired) electrons. The average molecular weight is 267 g/mol. The van der Waals surface area contributed by atoms with Gasteiger partial charge in [-0.05, 0) is 18.5 Å². The van der Waals surface area contributed by atoms with Crippen LogP contribution in [0, 0.1) is 11.3 Å². The fourth-order valence-electron chi connectivity index (χ4n) is 1.99. The van der Waals surface area contributed by atoms with Gasteiger partial charge in [0.1, 0.15) is 6.07 Å². The average Bonchev–Trinajstić information content (AvgIpc) is 2.52. The molecule has 0 saturated heterocycles. The molecule has 20 heavy (non-hydrogen) atoms. The van der Waals surface area contributed by atoms with Crippen molar-refractivity contribution in [1.82, 2.24) is 9.97 Å². The Morgan fingerprint density at radius 3 is 2.60 bits per heavy atom. The van der Waals surface area contributed by atoms with Crippen LogP contribution in [0.3, 0.4) is 0 Å². The highest BCUT2D eigenvalue weighted by molar-refractivity contribution is 5.49. The zero-order chi connectivity index (χ0) is 14.2. The van der Waals surface area contributed by atoms with Gasteiger partial charge in [0.15, 0.2) is 11.5 Å². The van der Waals surface area contributed by atoms with Crippen molar-refractivity contribution in [3.63, 3.8) is 0 Å². The lowest BCUT2D eigenvalue weighted by atomic mass is 10.2. The highest BCUT2D eigenvalue weighted by Crippen LogP contribution is 2.17. The van der Waals surface area contributed by atoms with Crippen molar-refractivity contribution < 1.29 is 0 Å². The first-order valence-corrected chi connectivity index (χ1v) is 6.55. The van der Waals surface area contributed by atoms with Gasteiger partial charge >= 0.3 is 0 Å². The van der Waals surface area contributed by atoms with Gasteiger partial charge < -0.3 is 10.6 Å². The lowest BCUT2D eigenvalue weighted by Crippen LogP contribution is -2.27. The van der Waals surface area contributed by atoms with E-state index in [0.29, 0.717) is 24.6 Å². The molecule has 0 aliphatic heterocycles. The van der Waals surface area contributed by atoms with Gasteiger partial charge in [-0.25, -0.2) is 9.97 Å². The number of rotatable bonds is 6. The first-order valence-electron chi connectivity index (χ1n) is 6.55. The molecule has 2 N–H and O–H groups in total. The van der Waals surface area contributed by atoms with Crippen LogP contribution in [0.15, 0.2) is 42.7 Å². The second-order valence-electron chi connectivity index (χ2n) is 4.39. The Morgan fingerprint density at radius 2 is 1.90 bits per heavy atom. The zero-order valence-electron chi connectivity index (χ0n) is 11.2. The lowest BCUT2D eigenvalue weighted by molar-refractivity contribution is 0.722. The molecule has 102 valence electrons. The third kappa shape index (κ3) is 3.53. The van der Waals surface area contributed by atoms with Gasteiger partial charge in [-0.3, -0.25) is 0 Å². The van der Waals surface area contributed by atoms with Gasteiger partial charge in [0.05, 0.1) is 0 Å². The summed E-state index contributed by atoms with van der Waals surface area (Å²) < 4.78 is 0. The molecule has 2 rings (SSSR count). The normalized spacial score (nSPS) is 10.0. The minimum Gasteiger partial charge on any atom is -0.350 e. The highest BCUT2D eigenvalue weighted by atomic mass is 15.2. The van der Waals surface area contributed by atoms with Crippen molar-refractivity contribution in [1.29, 1.82) is 5.26 Å². The monoisotopic (exact) mass is 267 g/mol. The fourth-order valence-corrected chi connectivity index (χ4v) is 1.99. The summed E-state index contributed by atoms with van der Waals surface area (Å²) in [5, 5.41) is 9.15. The number of nitrogens with zero attached hydrogens (tertiary/aromatic N) is 4. The van der Waals surface area contributed by atoms with Crippen molar-refractivity contribution in [2.45, 2.75) is 13.0 Å². The highest BCUT2D eigenvalue weighted by Gasteiger charge is 2.13. The summed E-state index contributed by atoms with van der Waals surface area (Å²) in [5.74, 6) is 0.618. The van der Waals surface area contributed by atoms with Gasteiger partial charge in [-0.1, -0.05) is 30.3 Å². The smallest absolute Gasteiger partial charge is 0.183 e. The van der Waals surface area contributed by atoms with Gasteiger partial charge in [0, 0.05) is 25.5 Å². The number of hydrogen-bond donors (Lipinski definition) is 1. The van der Waals surface area contributed by atoms with Crippen LogP contribution in [-0.2, 0) is 6.54 Å². The maximum absolute atomic E-state index is 9.15. The molecular weight excluding hydrogens is 250 g/mol. The lowest BCUT2D eigenvalue weighted by Gasteiger charge is -2.24. The van der Waals surface area contributed by atoms with Crippen molar-refractivity contribution in [3.05, 3.63) is 54.0 Å². The number of hydrogen-bond acceptors (Lipinski definition) is 5. The molecule has 0 aliphatic carbocycles. The molecule has 0 amide bonds. The molecule has 1 aromatic heterocycles. The SMILES string of the molecule is N#Cc1nccnc1N(CCCN)Cc1ccccc1. The van der Waals surface area contributed by atoms with E-state index in [1.807, 2.05) is 23.1 Å². The first kappa shape index (κ1) is 14.0. The molecule has 0 aliphatic rings. The predicted octanol–water partition coefficient (Wildman–Crippen LogP) is 1.70. The van der Waals surface area contributed by atoms with Crippen molar-refractivity contribution >= 4 is 5.82 Å². The largest absolute Gasteiger partial charge is 0.350 e. The van der Waals surface area contributed by atoms with E-state index in [1.54, 1.807) is 6.20 Å². The predicted molar refractivity (Wildman–Crippen MR) is 77.9 cm³/mol. The Kier molecular flexibility index (Phi) is 5.04. The summed E-state index contributed by atoms with van der Waals surface area (Å²) in [7, 11) is 0. The van der Waals surface area contributed by atoms with E-state index in [0.717, 1.165) is 13.0 Å². The minimum atomic E-state index is 0.348. The van der Waals surface area contributed by atoms with Crippen LogP contribution in [0.2, 0.25) is 0 Å². The van der Waals surface area contributed by atoms with E-state index in [-0.39, 0.29) is 0 Å². The van der Waals surface area contributed by atoms with Crippen LogP contribution in [-0.4, -0.2) is 23.1 Å². The van der Waals surface area contributed by atoms with Crippen LogP contribution in [0.25, 0.3) is 0 Å². The number of nitrogens with two attached hydrogens (primary N) is 1. The number of aromatic nitrogens is 2. The second-order valence-corrected chi connectivity index (χ2v) is 4.39. The topological polar surface area (TPSA) is 78.8 Å². The van der Waals surface area contributed by atoms with Crippen molar-refractivity contribution in [2.24, 2.45) is 5.73 Å². The van der Waals surface area contributed by atoms with Crippen LogP contribution in [0.1, 0.15) is 17.7 Å². The number of benzene rings is 1. The van der Waals surface area contributed by atoms with E-state index in [9.17, 15) is 0 Å². The third-order valence-corrected chi connectivity index (χ3v) is 2.93. The van der Waals surface area contributed by atoms with Gasteiger partial charge in [0.2, 0.25) is 0 Å². The first-order chi connectivity index (χ1) is 9.85. The molecule has 5 nitrogen and oxygen atoms in total. The Labute approximate surface area is 118 Å². The maximum Gasteiger partial charge on any atom is 0.183 e. The fraction of sp³-hybridized carbons (Fsp3) is 0.267. The summed E-state index contributed by atoms with van der Waals surface area (Å²) in [4.78, 5) is 10.4. The molecule has 0 spiro atoms. The van der Waals surface area contributed by atoms with Crippen molar-refractivity contribution in [3.8, 4) is 6.07 Å². The van der Waals surface area contributed by atoms with E-state index in [4.69, 9.17) is 11.0 Å². The Balaban J connectivity index is 2.25. The summed E-state index contributed by atoms with van der Waals surface area (Å²) in [5.41, 5.74) is 7.10. The number of nitriles is 1. The van der Waals surface area contributed by atoms with Crippen LogP contribution >= 0.6 is 0 Å². The third-order valence-electron chi connectivity index (χ3n) is 2.93. The minimum absolute atomic E-state index is 0.348. The number of anilines is 1. The van der Waals surface area contributed by atoms with Crippen LogP contribution in [0.5, 0.6) is 0 Å². The zero-order valence-corrected chi connectivity index (χ0v) is 11.2. The van der Waals surface area contributed by atoms with E-state index in [2.05, 4.69) is 28.2 Å². The van der Waals surface area contributed by atoms with Crippen LogP contribution < -0.4 is 10.6 Å². The summed E-state index contributed by atoms with van der Waals surface area (Å²) in [6, 6.07) is 12.2. The molecule has 0 fully saturated rings. The van der Waals surface area contributed by atoms with Gasteiger partial charge in [-0.2, -0.15) is 5.26 Å². The van der Waals surface area contributed by atoms with Gasteiger partial charge in [0.25, 0.3) is 0 Å². The Morgan fingerprint density at radius 1 is 1.15 bits per heavy atom. The standard InChI is InChI=1S/C15H17N5/c16-7-4-10-20(12-13-5-2-1-3-6-13)15-14(11-17)18-8-9-19-15/h1-3,5-6,8-9H,4,7,10,12,16H2. The molecule has 0 saturated carbocycles. The molecule has 0 bridgehead atoms. The van der Waals surface area contributed by atoms with Gasteiger partial charge in [-0.15, -0.1) is 0 Å². The quantitative estimate of drug-likeness (QED) is 0.861. The summed E-state index contributed by atoms with van der Waals surface area (Å²) in [6.07, 6.45) is 3.98. The second kappa shape index (κ2) is 7.22. The summed E-state index contributed by atoms with van der Waals surface area (Å²) >= 11 is 0. The van der Waals surface area contributed by atoms with Crippen molar-refractivity contribution in [2.75, 3.05) is 18.0 Å². The molecule has 1 aromatic carbocycles. The molecule has 1 heterocycles. The molecule has 0 unspecified atom stereocenters. The molecule has 5 heteroatoms. The van der Waals surface area contributed by atoms with E-state index < -0.39 is 0 Å². The van der Waals surface area contributed by atoms with Crippen LogP contribution in [0.4, 0.5) is 5.82 Å². The Hall–Kier alpha value is -2.45. The molecule has 0 atom stereocenters.